The van der Waals surface area contributed by atoms with Gasteiger partial charge in [-0.25, -0.2) is 15.0 Å². The fourth-order valence-electron chi connectivity index (χ4n) is 9.29. The molecule has 7 aromatic carbocycles. The van der Waals surface area contributed by atoms with Gasteiger partial charge in [-0.15, -0.1) is 0 Å². The van der Waals surface area contributed by atoms with Crippen molar-refractivity contribution in [2.45, 2.75) is 24.7 Å². The van der Waals surface area contributed by atoms with Gasteiger partial charge in [0.2, 0.25) is 0 Å². The van der Waals surface area contributed by atoms with Gasteiger partial charge in [0, 0.05) is 38.8 Å². The third-order valence-corrected chi connectivity index (χ3v) is 11.6. The maximum atomic E-state index is 7.12. The molecule has 0 fully saturated rings. The highest BCUT2D eigenvalue weighted by Crippen LogP contribution is 2.65. The lowest BCUT2D eigenvalue weighted by Crippen LogP contribution is -2.33. The molecule has 8 aromatic rings. The summed E-state index contributed by atoms with van der Waals surface area (Å²) in [5, 5.41) is 0. The molecule has 0 saturated heterocycles. The first-order chi connectivity index (χ1) is 26.0. The Kier molecular flexibility index (Phi) is 6.19. The van der Waals surface area contributed by atoms with E-state index in [0.717, 1.165) is 28.2 Å². The normalized spacial score (nSPS) is 14.7. The number of aromatic nitrogens is 3. The van der Waals surface area contributed by atoms with Gasteiger partial charge in [-0.1, -0.05) is 166 Å². The SMILES string of the molecule is CC1(C)c2ccc(-c3nc(-c4ccccc4)nc(-c4ccccc4)n3)cc2-c2ccc3c(c21)Oc1ccccc1C31c2ccccc2-c2ccccc21. The summed E-state index contributed by atoms with van der Waals surface area (Å²) in [4.78, 5) is 15.0. The first-order valence-electron chi connectivity index (χ1n) is 18.2. The summed E-state index contributed by atoms with van der Waals surface area (Å²) in [5.74, 6) is 3.80. The summed E-state index contributed by atoms with van der Waals surface area (Å²) in [5.41, 5.74) is 14.4. The lowest BCUT2D eigenvalue weighted by atomic mass is 9.65. The van der Waals surface area contributed by atoms with E-state index in [-0.39, 0.29) is 5.41 Å². The molecule has 3 aliphatic rings. The van der Waals surface area contributed by atoms with E-state index in [9.17, 15) is 0 Å². The summed E-state index contributed by atoms with van der Waals surface area (Å²) in [6.07, 6.45) is 0. The molecule has 53 heavy (non-hydrogen) atoms. The van der Waals surface area contributed by atoms with Crippen molar-refractivity contribution < 1.29 is 4.74 Å². The van der Waals surface area contributed by atoms with Gasteiger partial charge in [-0.05, 0) is 51.1 Å². The van der Waals surface area contributed by atoms with Crippen LogP contribution in [0.25, 0.3) is 56.4 Å². The average Bonchev–Trinajstić information content (AvgIpc) is 3.64. The molecule has 1 aromatic heterocycles. The minimum atomic E-state index is -0.505. The third kappa shape index (κ3) is 4.09. The Balaban J connectivity index is 1.13. The van der Waals surface area contributed by atoms with E-state index < -0.39 is 5.41 Å². The average molecular weight is 680 g/mol. The van der Waals surface area contributed by atoms with Crippen LogP contribution in [-0.2, 0) is 10.8 Å². The smallest absolute Gasteiger partial charge is 0.164 e. The third-order valence-electron chi connectivity index (χ3n) is 11.6. The van der Waals surface area contributed by atoms with Crippen molar-refractivity contribution in [3.05, 3.63) is 197 Å². The molecule has 0 unspecified atom stereocenters. The highest BCUT2D eigenvalue weighted by Gasteiger charge is 2.53. The summed E-state index contributed by atoms with van der Waals surface area (Å²) in [6, 6.07) is 58.0. The van der Waals surface area contributed by atoms with Gasteiger partial charge in [0.1, 0.15) is 11.5 Å². The molecule has 0 radical (unpaired) electrons. The monoisotopic (exact) mass is 679 g/mol. The molecule has 250 valence electrons. The lowest BCUT2D eigenvalue weighted by Gasteiger charge is -2.41. The number of hydrogen-bond acceptors (Lipinski definition) is 4. The van der Waals surface area contributed by atoms with E-state index in [4.69, 9.17) is 19.7 Å². The molecule has 1 aliphatic heterocycles. The van der Waals surface area contributed by atoms with Crippen LogP contribution in [-0.4, -0.2) is 15.0 Å². The number of nitrogens with zero attached hydrogens (tertiary/aromatic N) is 3. The fourth-order valence-corrected chi connectivity index (χ4v) is 9.29. The Labute approximate surface area is 308 Å². The van der Waals surface area contributed by atoms with Crippen molar-refractivity contribution in [3.8, 4) is 67.9 Å². The maximum absolute atomic E-state index is 7.12. The number of para-hydroxylation sites is 1. The summed E-state index contributed by atoms with van der Waals surface area (Å²) >= 11 is 0. The zero-order chi connectivity index (χ0) is 35.3. The highest BCUT2D eigenvalue weighted by molar-refractivity contribution is 5.92. The van der Waals surface area contributed by atoms with E-state index in [1.54, 1.807) is 0 Å². The van der Waals surface area contributed by atoms with Crippen LogP contribution in [0.2, 0.25) is 0 Å². The lowest BCUT2D eigenvalue weighted by molar-refractivity contribution is 0.422. The van der Waals surface area contributed by atoms with Gasteiger partial charge < -0.3 is 4.74 Å². The molecule has 0 saturated carbocycles. The highest BCUT2D eigenvalue weighted by atomic mass is 16.5. The fraction of sp³-hybridized carbons (Fsp3) is 0.0816. The van der Waals surface area contributed by atoms with Gasteiger partial charge in [-0.2, -0.15) is 0 Å². The van der Waals surface area contributed by atoms with Crippen LogP contribution in [0.1, 0.15) is 47.2 Å². The Hall–Kier alpha value is -6.65. The molecule has 4 heteroatoms. The largest absolute Gasteiger partial charge is 0.456 e. The molecule has 0 bridgehead atoms. The van der Waals surface area contributed by atoms with Gasteiger partial charge in [-0.3, -0.25) is 0 Å². The molecule has 1 spiro atoms. The van der Waals surface area contributed by atoms with E-state index in [2.05, 4.69) is 117 Å². The molecule has 0 N–H and O–H groups in total. The second-order valence-corrected chi connectivity index (χ2v) is 14.7. The van der Waals surface area contributed by atoms with E-state index in [1.807, 2.05) is 60.7 Å². The first-order valence-corrected chi connectivity index (χ1v) is 18.2. The molecular weight excluding hydrogens is 647 g/mol. The van der Waals surface area contributed by atoms with Crippen LogP contribution in [0.5, 0.6) is 11.5 Å². The topological polar surface area (TPSA) is 47.9 Å². The minimum absolute atomic E-state index is 0.330. The first kappa shape index (κ1) is 30.0. The molecule has 0 atom stereocenters. The number of hydrogen-bond donors (Lipinski definition) is 0. The van der Waals surface area contributed by atoms with E-state index in [0.29, 0.717) is 17.5 Å². The van der Waals surface area contributed by atoms with Gasteiger partial charge in [0.05, 0.1) is 5.41 Å². The minimum Gasteiger partial charge on any atom is -0.456 e. The quantitative estimate of drug-likeness (QED) is 0.186. The molecular formula is C49H33N3O. The van der Waals surface area contributed by atoms with Gasteiger partial charge in [0.25, 0.3) is 0 Å². The summed E-state index contributed by atoms with van der Waals surface area (Å²) in [6.45, 7) is 4.66. The predicted octanol–water partition coefficient (Wildman–Crippen LogP) is 11.6. The van der Waals surface area contributed by atoms with Crippen molar-refractivity contribution in [2.24, 2.45) is 0 Å². The van der Waals surface area contributed by atoms with Gasteiger partial charge in [0.15, 0.2) is 17.5 Å². The second kappa shape index (κ2) is 10.9. The van der Waals surface area contributed by atoms with Crippen LogP contribution in [0.3, 0.4) is 0 Å². The van der Waals surface area contributed by atoms with Crippen LogP contribution in [0.15, 0.2) is 164 Å². The second-order valence-electron chi connectivity index (χ2n) is 14.7. The molecule has 0 amide bonds. The molecule has 4 nitrogen and oxygen atoms in total. The zero-order valence-corrected chi connectivity index (χ0v) is 29.3. The Bertz CT molecular complexity index is 2680. The van der Waals surface area contributed by atoms with Crippen molar-refractivity contribution in [1.29, 1.82) is 0 Å². The number of benzene rings is 7. The van der Waals surface area contributed by atoms with Crippen LogP contribution < -0.4 is 4.74 Å². The van der Waals surface area contributed by atoms with Crippen molar-refractivity contribution in [3.63, 3.8) is 0 Å². The van der Waals surface area contributed by atoms with Crippen molar-refractivity contribution >= 4 is 0 Å². The van der Waals surface area contributed by atoms with Crippen LogP contribution in [0, 0.1) is 0 Å². The summed E-state index contributed by atoms with van der Waals surface area (Å²) < 4.78 is 7.12. The number of rotatable bonds is 3. The van der Waals surface area contributed by atoms with E-state index in [1.165, 1.54) is 55.6 Å². The standard InChI is InChI=1S/C49H33N3O/c1-48(2)37-27-25-32(47-51-45(30-15-5-3-6-16-30)50-46(52-47)31-17-7-4-8-18-31)29-36(37)35-26-28-41-44(43(35)48)53-42-24-14-13-23-40(42)49(41)38-21-11-9-19-33(38)34-20-10-12-22-39(34)49/h3-29H,1-2H3. The van der Waals surface area contributed by atoms with Crippen LogP contribution >= 0.6 is 0 Å². The number of ether oxygens (including phenoxy) is 1. The molecule has 11 rings (SSSR count). The Morgan fingerprint density at radius 3 is 1.53 bits per heavy atom. The van der Waals surface area contributed by atoms with Crippen LogP contribution in [0.4, 0.5) is 0 Å². The zero-order valence-electron chi connectivity index (χ0n) is 29.3. The summed E-state index contributed by atoms with van der Waals surface area (Å²) in [7, 11) is 0. The number of fused-ring (bicyclic) bond motifs is 13. The Morgan fingerprint density at radius 2 is 0.906 bits per heavy atom. The molecule has 2 aliphatic carbocycles. The predicted molar refractivity (Wildman–Crippen MR) is 211 cm³/mol. The maximum Gasteiger partial charge on any atom is 0.164 e. The van der Waals surface area contributed by atoms with E-state index >= 15 is 0 Å². The Morgan fingerprint density at radius 1 is 0.396 bits per heavy atom. The van der Waals surface area contributed by atoms with Gasteiger partial charge >= 0.3 is 0 Å². The van der Waals surface area contributed by atoms with Crippen molar-refractivity contribution in [1.82, 2.24) is 15.0 Å². The molecule has 2 heterocycles. The van der Waals surface area contributed by atoms with Crippen molar-refractivity contribution in [2.75, 3.05) is 0 Å².